The highest BCUT2D eigenvalue weighted by Crippen LogP contribution is 2.28. The summed E-state index contributed by atoms with van der Waals surface area (Å²) in [5.41, 5.74) is 0.723. The van der Waals surface area contributed by atoms with Crippen molar-refractivity contribution in [1.82, 2.24) is 25.1 Å². The number of aromatic nitrogens is 4. The summed E-state index contributed by atoms with van der Waals surface area (Å²) in [6.07, 6.45) is 6.82. The van der Waals surface area contributed by atoms with Crippen molar-refractivity contribution in [3.8, 4) is 5.69 Å². The number of hydrogen-bond donors (Lipinski definition) is 1. The number of hydrogen-bond acceptors (Lipinski definition) is 7. The monoisotopic (exact) mass is 436 g/mol. The zero-order valence-corrected chi connectivity index (χ0v) is 17.4. The van der Waals surface area contributed by atoms with E-state index in [1.807, 2.05) is 0 Å². The van der Waals surface area contributed by atoms with Crippen LogP contribution >= 0.6 is 0 Å². The highest BCUT2D eigenvalue weighted by molar-refractivity contribution is 7.91. The van der Waals surface area contributed by atoms with E-state index in [0.29, 0.717) is 12.1 Å². The Morgan fingerprint density at radius 3 is 2.67 bits per heavy atom. The fourth-order valence-corrected chi connectivity index (χ4v) is 6.10. The van der Waals surface area contributed by atoms with Crippen molar-refractivity contribution in [2.75, 3.05) is 23.4 Å². The van der Waals surface area contributed by atoms with Crippen LogP contribution in [0.25, 0.3) is 5.69 Å². The molecule has 0 bridgehead atoms. The molecule has 1 unspecified atom stereocenters. The Morgan fingerprint density at radius 1 is 1.20 bits per heavy atom. The minimum atomic E-state index is -3.11. The number of amides is 1. The first kappa shape index (κ1) is 20.7. The lowest BCUT2D eigenvalue weighted by molar-refractivity contribution is -0.134. The molecule has 1 aliphatic heterocycles. The first-order valence-electron chi connectivity index (χ1n) is 10.2. The average Bonchev–Trinajstić information content (AvgIpc) is 3.38. The number of carbonyl (C=O) groups excluding carboxylic acids is 1. The number of halogens is 1. The third kappa shape index (κ3) is 4.61. The van der Waals surface area contributed by atoms with Crippen molar-refractivity contribution < 1.29 is 17.6 Å². The fourth-order valence-electron chi connectivity index (χ4n) is 4.39. The van der Waals surface area contributed by atoms with Crippen LogP contribution in [0.1, 0.15) is 38.5 Å². The smallest absolute Gasteiger partial charge is 0.242 e. The third-order valence-corrected chi connectivity index (χ3v) is 7.60. The van der Waals surface area contributed by atoms with Gasteiger partial charge in [-0.2, -0.15) is 0 Å². The van der Waals surface area contributed by atoms with E-state index in [9.17, 15) is 17.6 Å². The summed E-state index contributed by atoms with van der Waals surface area (Å²) in [7, 11) is -3.11. The molecule has 1 saturated heterocycles. The molecule has 1 N–H and O–H groups in total. The molecule has 1 aromatic heterocycles. The molecule has 162 valence electrons. The van der Waals surface area contributed by atoms with Gasteiger partial charge in [-0.1, -0.05) is 19.3 Å². The molecule has 0 radical (unpaired) electrons. The van der Waals surface area contributed by atoms with Crippen LogP contribution in [-0.4, -0.2) is 69.6 Å². The number of anilines is 1. The zero-order valence-electron chi connectivity index (χ0n) is 16.6. The average molecular weight is 437 g/mol. The number of rotatable bonds is 6. The van der Waals surface area contributed by atoms with Crippen molar-refractivity contribution in [2.24, 2.45) is 0 Å². The SMILES string of the molecule is O=C(CNc1cc(-n2cnnn2)ccc1F)N(C1CCCCC1)C1CCS(=O)(=O)C1. The van der Waals surface area contributed by atoms with Gasteiger partial charge >= 0.3 is 0 Å². The second kappa shape index (κ2) is 8.66. The summed E-state index contributed by atoms with van der Waals surface area (Å²) >= 11 is 0. The van der Waals surface area contributed by atoms with Gasteiger partial charge in [-0.15, -0.1) is 5.10 Å². The quantitative estimate of drug-likeness (QED) is 0.732. The molecule has 9 nitrogen and oxygen atoms in total. The van der Waals surface area contributed by atoms with E-state index in [4.69, 9.17) is 0 Å². The van der Waals surface area contributed by atoms with Crippen molar-refractivity contribution in [3.05, 3.63) is 30.3 Å². The number of carbonyl (C=O) groups is 1. The Labute approximate surface area is 174 Å². The van der Waals surface area contributed by atoms with Crippen molar-refractivity contribution in [3.63, 3.8) is 0 Å². The van der Waals surface area contributed by atoms with Gasteiger partial charge in [0.05, 0.1) is 29.4 Å². The van der Waals surface area contributed by atoms with E-state index in [1.54, 1.807) is 4.90 Å². The molecule has 2 fully saturated rings. The van der Waals surface area contributed by atoms with Crippen LogP contribution < -0.4 is 5.32 Å². The molecular weight excluding hydrogens is 411 g/mol. The topological polar surface area (TPSA) is 110 Å². The van der Waals surface area contributed by atoms with Crippen LogP contribution in [0.3, 0.4) is 0 Å². The van der Waals surface area contributed by atoms with Gasteiger partial charge in [-0.05, 0) is 47.9 Å². The molecule has 1 saturated carbocycles. The molecule has 0 spiro atoms. The highest BCUT2D eigenvalue weighted by Gasteiger charge is 2.38. The van der Waals surface area contributed by atoms with Gasteiger partial charge in [0.15, 0.2) is 9.84 Å². The number of nitrogens with zero attached hydrogens (tertiary/aromatic N) is 5. The molecule has 2 heterocycles. The largest absolute Gasteiger partial charge is 0.374 e. The molecule has 1 aromatic carbocycles. The number of tetrazole rings is 1. The van der Waals surface area contributed by atoms with Crippen LogP contribution in [-0.2, 0) is 14.6 Å². The summed E-state index contributed by atoms with van der Waals surface area (Å²) in [6.45, 7) is -0.108. The Morgan fingerprint density at radius 2 is 2.00 bits per heavy atom. The van der Waals surface area contributed by atoms with E-state index < -0.39 is 15.7 Å². The predicted molar refractivity (Wildman–Crippen MR) is 108 cm³/mol. The number of nitrogens with one attached hydrogen (secondary N) is 1. The summed E-state index contributed by atoms with van der Waals surface area (Å²) in [5, 5.41) is 13.8. The normalized spacial score (nSPS) is 21.4. The van der Waals surface area contributed by atoms with Gasteiger partial charge in [-0.25, -0.2) is 17.5 Å². The molecule has 30 heavy (non-hydrogen) atoms. The van der Waals surface area contributed by atoms with Crippen LogP contribution in [0.2, 0.25) is 0 Å². The molecule has 1 aliphatic carbocycles. The molecule has 4 rings (SSSR count). The Kier molecular flexibility index (Phi) is 5.98. The second-order valence-corrected chi connectivity index (χ2v) is 10.2. The Balaban J connectivity index is 1.49. The molecule has 11 heteroatoms. The maximum absolute atomic E-state index is 14.3. The first-order chi connectivity index (χ1) is 14.4. The van der Waals surface area contributed by atoms with Crippen molar-refractivity contribution in [2.45, 2.75) is 50.6 Å². The molecular formula is C19H25FN6O3S. The van der Waals surface area contributed by atoms with Crippen molar-refractivity contribution in [1.29, 1.82) is 0 Å². The Bertz CT molecular complexity index is 992. The van der Waals surface area contributed by atoms with Gasteiger partial charge in [0.1, 0.15) is 12.1 Å². The van der Waals surface area contributed by atoms with E-state index in [0.717, 1.165) is 32.1 Å². The molecule has 1 amide bonds. The van der Waals surface area contributed by atoms with E-state index >= 15 is 0 Å². The van der Waals surface area contributed by atoms with E-state index in [-0.39, 0.29) is 41.7 Å². The highest BCUT2D eigenvalue weighted by atomic mass is 32.2. The van der Waals surface area contributed by atoms with E-state index in [1.165, 1.54) is 29.2 Å². The Hall–Kier alpha value is -2.56. The first-order valence-corrected chi connectivity index (χ1v) is 12.0. The minimum Gasteiger partial charge on any atom is -0.374 e. The molecule has 2 aromatic rings. The van der Waals surface area contributed by atoms with Crippen molar-refractivity contribution >= 4 is 21.4 Å². The van der Waals surface area contributed by atoms with Gasteiger partial charge in [0, 0.05) is 12.1 Å². The summed E-state index contributed by atoms with van der Waals surface area (Å²) in [4.78, 5) is 14.9. The standard InChI is InChI=1S/C19H25FN6O3S/c20-17-7-6-15(25-13-22-23-24-25)10-18(17)21-11-19(27)26(14-4-2-1-3-5-14)16-8-9-30(28,29)12-16/h6-7,10,13-14,16,21H,1-5,8-9,11-12H2. The van der Waals surface area contributed by atoms with Gasteiger partial charge < -0.3 is 10.2 Å². The summed E-state index contributed by atoms with van der Waals surface area (Å²) in [6, 6.07) is 4.10. The van der Waals surface area contributed by atoms with Crippen LogP contribution in [0.15, 0.2) is 24.5 Å². The minimum absolute atomic E-state index is 0.0123. The number of benzene rings is 1. The molecule has 1 atom stereocenters. The van der Waals surface area contributed by atoms with Gasteiger partial charge in [0.25, 0.3) is 0 Å². The van der Waals surface area contributed by atoms with E-state index in [2.05, 4.69) is 20.8 Å². The lowest BCUT2D eigenvalue weighted by atomic mass is 9.93. The van der Waals surface area contributed by atoms with Crippen LogP contribution in [0.5, 0.6) is 0 Å². The maximum Gasteiger partial charge on any atom is 0.242 e. The lowest BCUT2D eigenvalue weighted by Gasteiger charge is -2.38. The zero-order chi connectivity index (χ0) is 21.1. The summed E-state index contributed by atoms with van der Waals surface area (Å²) in [5.74, 6) is -0.564. The van der Waals surface area contributed by atoms with Crippen LogP contribution in [0.4, 0.5) is 10.1 Å². The molecule has 2 aliphatic rings. The second-order valence-electron chi connectivity index (χ2n) is 7.92. The lowest BCUT2D eigenvalue weighted by Crippen LogP contribution is -2.50. The summed E-state index contributed by atoms with van der Waals surface area (Å²) < 4.78 is 39.7. The van der Waals surface area contributed by atoms with Crippen LogP contribution in [0, 0.1) is 5.82 Å². The third-order valence-electron chi connectivity index (χ3n) is 5.85. The predicted octanol–water partition coefficient (Wildman–Crippen LogP) is 1.56. The van der Waals surface area contributed by atoms with Gasteiger partial charge in [0.2, 0.25) is 5.91 Å². The maximum atomic E-state index is 14.3. The number of sulfone groups is 1. The van der Waals surface area contributed by atoms with Gasteiger partial charge in [-0.3, -0.25) is 4.79 Å². The fraction of sp³-hybridized carbons (Fsp3) is 0.579.